The van der Waals surface area contributed by atoms with E-state index in [2.05, 4.69) is 35.8 Å². The summed E-state index contributed by atoms with van der Waals surface area (Å²) in [5.74, 6) is 1.39. The van der Waals surface area contributed by atoms with Crippen LogP contribution < -0.4 is 0 Å². The first-order valence-electron chi connectivity index (χ1n) is 7.55. The van der Waals surface area contributed by atoms with Gasteiger partial charge >= 0.3 is 0 Å². The smallest absolute Gasteiger partial charge is 0.0829 e. The zero-order valence-corrected chi connectivity index (χ0v) is 14.4. The number of aryl methyl sites for hydroxylation is 1. The molecule has 1 unspecified atom stereocenters. The van der Waals surface area contributed by atoms with E-state index < -0.39 is 0 Å². The van der Waals surface area contributed by atoms with E-state index in [9.17, 15) is 5.11 Å². The molecule has 1 fully saturated rings. The molecular weight excluding hydrogens is 320 g/mol. The second-order valence-corrected chi connectivity index (χ2v) is 8.57. The van der Waals surface area contributed by atoms with Gasteiger partial charge in [-0.15, -0.1) is 11.3 Å². The fourth-order valence-corrected chi connectivity index (χ4v) is 5.04. The third kappa shape index (κ3) is 4.05. The Bertz CT molecular complexity index is 393. The molecule has 1 aliphatic carbocycles. The highest BCUT2D eigenvalue weighted by atomic mass is 79.9. The molecule has 1 aromatic rings. The number of halogens is 1. The summed E-state index contributed by atoms with van der Waals surface area (Å²) in [4.78, 5) is 1.26. The molecule has 1 nitrogen and oxygen atoms in total. The van der Waals surface area contributed by atoms with Crippen molar-refractivity contribution in [2.24, 2.45) is 11.8 Å². The van der Waals surface area contributed by atoms with Gasteiger partial charge in [-0.25, -0.2) is 0 Å². The molecule has 0 bridgehead atoms. The zero-order chi connectivity index (χ0) is 13.8. The normalized spacial score (nSPS) is 25.5. The summed E-state index contributed by atoms with van der Waals surface area (Å²) in [7, 11) is 0. The lowest BCUT2D eigenvalue weighted by atomic mass is 9.76. The maximum absolute atomic E-state index is 10.6. The molecule has 0 radical (unpaired) electrons. The van der Waals surface area contributed by atoms with Crippen molar-refractivity contribution in [3.63, 3.8) is 0 Å². The first-order chi connectivity index (χ1) is 9.11. The van der Waals surface area contributed by atoms with Crippen molar-refractivity contribution in [1.29, 1.82) is 0 Å². The van der Waals surface area contributed by atoms with Crippen LogP contribution in [0.2, 0.25) is 0 Å². The molecule has 108 valence electrons. The number of aliphatic hydroxyl groups excluding tert-OH is 1. The quantitative estimate of drug-likeness (QED) is 0.710. The number of rotatable bonds is 5. The lowest BCUT2D eigenvalue weighted by molar-refractivity contribution is 0.0719. The van der Waals surface area contributed by atoms with Crippen molar-refractivity contribution in [1.82, 2.24) is 0 Å². The molecule has 0 saturated heterocycles. The molecule has 2 rings (SSSR count). The Labute approximate surface area is 129 Å². The van der Waals surface area contributed by atoms with Crippen molar-refractivity contribution in [2.75, 3.05) is 0 Å². The summed E-state index contributed by atoms with van der Waals surface area (Å²) in [5.41, 5.74) is 1.15. The van der Waals surface area contributed by atoms with Gasteiger partial charge in [0, 0.05) is 4.88 Å². The Balaban J connectivity index is 1.89. The first-order valence-corrected chi connectivity index (χ1v) is 9.16. The molecule has 1 saturated carbocycles. The summed E-state index contributed by atoms with van der Waals surface area (Å²) < 4.78 is 1.13. The zero-order valence-electron chi connectivity index (χ0n) is 12.0. The standard InChI is InChI=1S/C16H25BrOS/c1-3-4-5-12-6-8-13(9-7-12)16(18)14-10-15(17)19-11(14)2/h10,12-13,16,18H,3-9H2,1-2H3. The monoisotopic (exact) mass is 344 g/mol. The van der Waals surface area contributed by atoms with Crippen LogP contribution in [0.25, 0.3) is 0 Å². The van der Waals surface area contributed by atoms with Crippen molar-refractivity contribution in [3.8, 4) is 0 Å². The summed E-state index contributed by atoms with van der Waals surface area (Å²) in [6, 6.07) is 2.10. The van der Waals surface area contributed by atoms with Crippen LogP contribution in [-0.4, -0.2) is 5.11 Å². The molecule has 1 aromatic heterocycles. The molecule has 0 spiro atoms. The SMILES string of the molecule is CCCCC1CCC(C(O)c2cc(Br)sc2C)CC1. The van der Waals surface area contributed by atoms with Gasteiger partial charge in [0.1, 0.15) is 0 Å². The van der Waals surface area contributed by atoms with Gasteiger partial charge < -0.3 is 5.11 Å². The number of hydrogen-bond acceptors (Lipinski definition) is 2. The van der Waals surface area contributed by atoms with Gasteiger partial charge in [-0.05, 0) is 59.2 Å². The molecule has 1 aliphatic rings. The Kier molecular flexibility index (Phi) is 5.91. The van der Waals surface area contributed by atoms with E-state index in [4.69, 9.17) is 0 Å². The Morgan fingerprint density at radius 2 is 2.05 bits per heavy atom. The topological polar surface area (TPSA) is 20.2 Å². The van der Waals surface area contributed by atoms with Crippen LogP contribution in [0.4, 0.5) is 0 Å². The molecule has 1 atom stereocenters. The predicted molar refractivity (Wildman–Crippen MR) is 86.7 cm³/mol. The lowest BCUT2D eigenvalue weighted by Gasteiger charge is -2.31. The van der Waals surface area contributed by atoms with E-state index in [1.807, 2.05) is 0 Å². The van der Waals surface area contributed by atoms with Gasteiger partial charge in [-0.3, -0.25) is 0 Å². The van der Waals surface area contributed by atoms with Crippen LogP contribution in [0, 0.1) is 18.8 Å². The Morgan fingerprint density at radius 1 is 1.37 bits per heavy atom. The average Bonchev–Trinajstić information content (AvgIpc) is 2.75. The number of hydrogen-bond donors (Lipinski definition) is 1. The molecule has 19 heavy (non-hydrogen) atoms. The van der Waals surface area contributed by atoms with Crippen LogP contribution in [0.1, 0.15) is 68.4 Å². The molecular formula is C16H25BrOS. The van der Waals surface area contributed by atoms with E-state index in [0.29, 0.717) is 5.92 Å². The number of thiophene rings is 1. The van der Waals surface area contributed by atoms with Gasteiger partial charge in [-0.2, -0.15) is 0 Å². The molecule has 0 aromatic carbocycles. The fraction of sp³-hybridized carbons (Fsp3) is 0.750. The summed E-state index contributed by atoms with van der Waals surface area (Å²) in [6.07, 6.45) is 8.83. The van der Waals surface area contributed by atoms with Crippen LogP contribution in [0.15, 0.2) is 9.85 Å². The van der Waals surface area contributed by atoms with E-state index in [1.165, 1.54) is 49.8 Å². The molecule has 0 aliphatic heterocycles. The van der Waals surface area contributed by atoms with Crippen LogP contribution in [-0.2, 0) is 0 Å². The van der Waals surface area contributed by atoms with Crippen molar-refractivity contribution < 1.29 is 5.11 Å². The van der Waals surface area contributed by atoms with Crippen molar-refractivity contribution in [2.45, 2.75) is 64.9 Å². The molecule has 1 heterocycles. The third-order valence-electron chi connectivity index (χ3n) is 4.55. The van der Waals surface area contributed by atoms with Crippen LogP contribution in [0.3, 0.4) is 0 Å². The minimum atomic E-state index is -0.255. The fourth-order valence-electron chi connectivity index (χ4n) is 3.29. The molecule has 1 N–H and O–H groups in total. The summed E-state index contributed by atoms with van der Waals surface area (Å²) >= 11 is 5.25. The van der Waals surface area contributed by atoms with E-state index in [-0.39, 0.29) is 6.10 Å². The Morgan fingerprint density at radius 3 is 2.58 bits per heavy atom. The molecule has 0 amide bonds. The highest BCUT2D eigenvalue weighted by Crippen LogP contribution is 2.41. The maximum Gasteiger partial charge on any atom is 0.0829 e. The van der Waals surface area contributed by atoms with Crippen LogP contribution >= 0.6 is 27.3 Å². The van der Waals surface area contributed by atoms with Crippen molar-refractivity contribution in [3.05, 3.63) is 20.3 Å². The van der Waals surface area contributed by atoms with E-state index in [0.717, 1.165) is 15.3 Å². The van der Waals surface area contributed by atoms with Gasteiger partial charge in [0.2, 0.25) is 0 Å². The highest BCUT2D eigenvalue weighted by Gasteiger charge is 2.28. The first kappa shape index (κ1) is 15.5. The van der Waals surface area contributed by atoms with E-state index >= 15 is 0 Å². The second-order valence-electron chi connectivity index (χ2n) is 5.93. The Hall–Kier alpha value is 0.140. The van der Waals surface area contributed by atoms with Crippen LogP contribution in [0.5, 0.6) is 0 Å². The minimum absolute atomic E-state index is 0.255. The minimum Gasteiger partial charge on any atom is -0.388 e. The number of unbranched alkanes of at least 4 members (excludes halogenated alkanes) is 1. The maximum atomic E-state index is 10.6. The highest BCUT2D eigenvalue weighted by molar-refractivity contribution is 9.11. The summed E-state index contributed by atoms with van der Waals surface area (Å²) in [6.45, 7) is 4.38. The van der Waals surface area contributed by atoms with Gasteiger partial charge in [0.05, 0.1) is 9.89 Å². The third-order valence-corrected chi connectivity index (χ3v) is 6.12. The number of aliphatic hydroxyl groups is 1. The van der Waals surface area contributed by atoms with Gasteiger partial charge in [0.15, 0.2) is 0 Å². The summed E-state index contributed by atoms with van der Waals surface area (Å²) in [5, 5.41) is 10.6. The van der Waals surface area contributed by atoms with Gasteiger partial charge in [-0.1, -0.05) is 39.0 Å². The largest absolute Gasteiger partial charge is 0.388 e. The predicted octanol–water partition coefficient (Wildman–Crippen LogP) is 5.85. The lowest BCUT2D eigenvalue weighted by Crippen LogP contribution is -2.20. The van der Waals surface area contributed by atoms with Gasteiger partial charge in [0.25, 0.3) is 0 Å². The van der Waals surface area contributed by atoms with E-state index in [1.54, 1.807) is 11.3 Å². The molecule has 3 heteroatoms. The van der Waals surface area contributed by atoms with Crippen molar-refractivity contribution >= 4 is 27.3 Å². The average molecular weight is 345 g/mol. The second kappa shape index (κ2) is 7.24.